The molecule has 0 bridgehead atoms. The van der Waals surface area contributed by atoms with E-state index in [1.165, 1.54) is 12.7 Å². The molecule has 1 aromatic carbocycles. The van der Waals surface area contributed by atoms with Crippen LogP contribution in [0.1, 0.15) is 53.9 Å². The molecule has 0 amide bonds. The summed E-state index contributed by atoms with van der Waals surface area (Å²) in [6.07, 6.45) is 3.64. The molecule has 3 rings (SSSR count). The molecule has 4 nitrogen and oxygen atoms in total. The molecule has 0 radical (unpaired) electrons. The van der Waals surface area contributed by atoms with Crippen molar-refractivity contribution in [3.05, 3.63) is 53.2 Å². The number of aromatic nitrogens is 1. The molecule has 1 fully saturated rings. The molecular formula is C17H19NO3. The van der Waals surface area contributed by atoms with Crippen molar-refractivity contribution in [2.45, 2.75) is 38.0 Å². The Morgan fingerprint density at radius 1 is 1.33 bits per heavy atom. The molecule has 2 aromatic rings. The Morgan fingerprint density at radius 3 is 2.62 bits per heavy atom. The van der Waals surface area contributed by atoms with E-state index in [4.69, 9.17) is 9.15 Å². The van der Waals surface area contributed by atoms with Crippen molar-refractivity contribution < 1.29 is 13.9 Å². The van der Waals surface area contributed by atoms with Crippen LogP contribution in [0.25, 0.3) is 0 Å². The molecule has 1 aliphatic carbocycles. The monoisotopic (exact) mass is 285 g/mol. The number of oxazole rings is 1. The standard InChI is InChI=1S/C17H19NO3/c1-3-7-13-14(15(19)20-2)21-16(18-13)17(10-11-17)12-8-5-4-6-9-12/h4-6,8-9H,3,7,10-11H2,1-2H3. The van der Waals surface area contributed by atoms with Crippen LogP contribution in [0.4, 0.5) is 0 Å². The lowest BCUT2D eigenvalue weighted by Crippen LogP contribution is -2.09. The molecule has 0 saturated heterocycles. The van der Waals surface area contributed by atoms with Crippen molar-refractivity contribution in [1.29, 1.82) is 0 Å². The van der Waals surface area contributed by atoms with E-state index in [9.17, 15) is 4.79 Å². The number of aryl methyl sites for hydroxylation is 1. The van der Waals surface area contributed by atoms with Gasteiger partial charge < -0.3 is 9.15 Å². The van der Waals surface area contributed by atoms with Gasteiger partial charge in [0.15, 0.2) is 0 Å². The highest BCUT2D eigenvalue weighted by molar-refractivity contribution is 5.87. The Balaban J connectivity index is 2.01. The highest BCUT2D eigenvalue weighted by Gasteiger charge is 2.50. The van der Waals surface area contributed by atoms with Gasteiger partial charge in [-0.25, -0.2) is 9.78 Å². The lowest BCUT2D eigenvalue weighted by atomic mass is 9.96. The third-order valence-corrected chi connectivity index (χ3v) is 4.04. The van der Waals surface area contributed by atoms with Gasteiger partial charge in [0.2, 0.25) is 11.7 Å². The van der Waals surface area contributed by atoms with Crippen LogP contribution in [-0.2, 0) is 16.6 Å². The number of benzene rings is 1. The Labute approximate surface area is 124 Å². The zero-order chi connectivity index (χ0) is 14.9. The van der Waals surface area contributed by atoms with Crippen LogP contribution in [0, 0.1) is 0 Å². The smallest absolute Gasteiger partial charge is 0.375 e. The molecule has 0 aliphatic heterocycles. The van der Waals surface area contributed by atoms with Gasteiger partial charge in [-0.3, -0.25) is 0 Å². The highest BCUT2D eigenvalue weighted by atomic mass is 16.5. The molecule has 1 aromatic heterocycles. The molecule has 21 heavy (non-hydrogen) atoms. The summed E-state index contributed by atoms with van der Waals surface area (Å²) in [5.41, 5.74) is 1.75. The minimum absolute atomic E-state index is 0.157. The van der Waals surface area contributed by atoms with Gasteiger partial charge in [0.25, 0.3) is 0 Å². The van der Waals surface area contributed by atoms with Gasteiger partial charge in [-0.05, 0) is 24.8 Å². The summed E-state index contributed by atoms with van der Waals surface area (Å²) >= 11 is 0. The molecule has 0 unspecified atom stereocenters. The predicted octanol–water partition coefficient (Wildman–Crippen LogP) is 3.49. The number of ether oxygens (including phenoxy) is 1. The van der Waals surface area contributed by atoms with Gasteiger partial charge in [0.1, 0.15) is 0 Å². The molecule has 1 heterocycles. The quantitative estimate of drug-likeness (QED) is 0.789. The number of nitrogens with zero attached hydrogens (tertiary/aromatic N) is 1. The van der Waals surface area contributed by atoms with E-state index in [-0.39, 0.29) is 11.2 Å². The Kier molecular flexibility index (Phi) is 3.53. The fourth-order valence-corrected chi connectivity index (χ4v) is 2.72. The van der Waals surface area contributed by atoms with Gasteiger partial charge in [0, 0.05) is 0 Å². The van der Waals surface area contributed by atoms with Crippen LogP contribution in [0.2, 0.25) is 0 Å². The molecule has 0 spiro atoms. The Hall–Kier alpha value is -2.10. The number of carbonyl (C=O) groups is 1. The zero-order valence-corrected chi connectivity index (χ0v) is 12.4. The number of carbonyl (C=O) groups excluding carboxylic acids is 1. The first-order chi connectivity index (χ1) is 10.2. The van der Waals surface area contributed by atoms with Crippen molar-refractivity contribution >= 4 is 5.97 Å². The molecule has 0 atom stereocenters. The average Bonchev–Trinajstić information content (AvgIpc) is 3.23. The van der Waals surface area contributed by atoms with Crippen LogP contribution in [0.3, 0.4) is 0 Å². The third-order valence-electron chi connectivity index (χ3n) is 4.04. The van der Waals surface area contributed by atoms with Gasteiger partial charge in [-0.2, -0.15) is 0 Å². The van der Waals surface area contributed by atoms with Gasteiger partial charge in [-0.15, -0.1) is 0 Å². The summed E-state index contributed by atoms with van der Waals surface area (Å²) in [5.74, 6) is 0.468. The second kappa shape index (κ2) is 5.35. The van der Waals surface area contributed by atoms with Crippen LogP contribution in [0.5, 0.6) is 0 Å². The van der Waals surface area contributed by atoms with Crippen molar-refractivity contribution in [1.82, 2.24) is 4.98 Å². The third kappa shape index (κ3) is 2.35. The Morgan fingerprint density at radius 2 is 2.05 bits per heavy atom. The summed E-state index contributed by atoms with van der Waals surface area (Å²) < 4.78 is 10.6. The molecule has 110 valence electrons. The summed E-state index contributed by atoms with van der Waals surface area (Å²) in [5, 5.41) is 0. The van der Waals surface area contributed by atoms with E-state index < -0.39 is 5.97 Å². The molecule has 1 aliphatic rings. The SMILES string of the molecule is CCCc1nc(C2(c3ccccc3)CC2)oc1C(=O)OC. The fraction of sp³-hybridized carbons (Fsp3) is 0.412. The number of esters is 1. The number of hydrogen-bond acceptors (Lipinski definition) is 4. The largest absolute Gasteiger partial charge is 0.463 e. The molecule has 1 saturated carbocycles. The maximum Gasteiger partial charge on any atom is 0.375 e. The van der Waals surface area contributed by atoms with E-state index in [1.807, 2.05) is 18.2 Å². The van der Waals surface area contributed by atoms with E-state index in [0.29, 0.717) is 11.6 Å². The minimum Gasteiger partial charge on any atom is -0.463 e. The van der Waals surface area contributed by atoms with Crippen LogP contribution in [0.15, 0.2) is 34.7 Å². The zero-order valence-electron chi connectivity index (χ0n) is 12.4. The maximum absolute atomic E-state index is 11.9. The molecule has 0 N–H and O–H groups in total. The number of hydrogen-bond donors (Lipinski definition) is 0. The van der Waals surface area contributed by atoms with Crippen molar-refractivity contribution in [2.75, 3.05) is 7.11 Å². The van der Waals surface area contributed by atoms with Gasteiger partial charge in [-0.1, -0.05) is 43.7 Å². The number of rotatable bonds is 5. The van der Waals surface area contributed by atoms with Crippen LogP contribution < -0.4 is 0 Å². The van der Waals surface area contributed by atoms with E-state index in [0.717, 1.165) is 25.7 Å². The number of methoxy groups -OCH3 is 1. The first-order valence-electron chi connectivity index (χ1n) is 7.35. The first-order valence-corrected chi connectivity index (χ1v) is 7.35. The highest BCUT2D eigenvalue weighted by Crippen LogP contribution is 2.53. The van der Waals surface area contributed by atoms with Crippen molar-refractivity contribution in [3.8, 4) is 0 Å². The lowest BCUT2D eigenvalue weighted by Gasteiger charge is -2.10. The second-order valence-corrected chi connectivity index (χ2v) is 5.48. The average molecular weight is 285 g/mol. The van der Waals surface area contributed by atoms with Gasteiger partial charge in [0.05, 0.1) is 18.2 Å². The lowest BCUT2D eigenvalue weighted by molar-refractivity contribution is 0.0560. The minimum atomic E-state index is -0.443. The van der Waals surface area contributed by atoms with Crippen molar-refractivity contribution in [3.63, 3.8) is 0 Å². The normalized spacial score (nSPS) is 15.7. The topological polar surface area (TPSA) is 52.3 Å². The molecule has 4 heteroatoms. The van der Waals surface area contributed by atoms with Crippen LogP contribution >= 0.6 is 0 Å². The van der Waals surface area contributed by atoms with E-state index >= 15 is 0 Å². The van der Waals surface area contributed by atoms with Gasteiger partial charge >= 0.3 is 5.97 Å². The summed E-state index contributed by atoms with van der Waals surface area (Å²) in [7, 11) is 1.37. The van der Waals surface area contributed by atoms with Crippen molar-refractivity contribution in [2.24, 2.45) is 0 Å². The summed E-state index contributed by atoms with van der Waals surface area (Å²) in [4.78, 5) is 16.5. The predicted molar refractivity (Wildman–Crippen MR) is 78.3 cm³/mol. The summed E-state index contributed by atoms with van der Waals surface area (Å²) in [6, 6.07) is 10.2. The van der Waals surface area contributed by atoms with Crippen LogP contribution in [-0.4, -0.2) is 18.1 Å². The molecular weight excluding hydrogens is 266 g/mol. The Bertz CT molecular complexity index is 641. The fourth-order valence-electron chi connectivity index (χ4n) is 2.72. The first kappa shape index (κ1) is 13.9. The maximum atomic E-state index is 11.9. The van der Waals surface area contributed by atoms with E-state index in [1.54, 1.807) is 0 Å². The van der Waals surface area contributed by atoms with E-state index in [2.05, 4.69) is 24.0 Å². The summed E-state index contributed by atoms with van der Waals surface area (Å²) in [6.45, 7) is 2.06. The second-order valence-electron chi connectivity index (χ2n) is 5.48.